The van der Waals surface area contributed by atoms with E-state index in [0.717, 1.165) is 43.5 Å². The number of nitrogens with zero attached hydrogens (tertiary/aromatic N) is 2. The van der Waals surface area contributed by atoms with Crippen molar-refractivity contribution in [1.29, 1.82) is 0 Å². The third kappa shape index (κ3) is 3.88. The van der Waals surface area contributed by atoms with Gasteiger partial charge in [0.2, 0.25) is 5.91 Å². The minimum Gasteiger partial charge on any atom is -0.507 e. The topological polar surface area (TPSA) is 60.9 Å². The van der Waals surface area contributed by atoms with E-state index in [1.165, 1.54) is 0 Å². The molecule has 1 N–H and O–H groups in total. The van der Waals surface area contributed by atoms with Gasteiger partial charge in [0.1, 0.15) is 5.75 Å². The summed E-state index contributed by atoms with van der Waals surface area (Å²) >= 11 is 0. The van der Waals surface area contributed by atoms with E-state index >= 15 is 0 Å². The molecule has 1 aliphatic carbocycles. The van der Waals surface area contributed by atoms with E-state index in [9.17, 15) is 14.7 Å². The van der Waals surface area contributed by atoms with Crippen LogP contribution in [-0.2, 0) is 4.79 Å². The summed E-state index contributed by atoms with van der Waals surface area (Å²) in [7, 11) is 1.76. The number of hydrogen-bond acceptors (Lipinski definition) is 3. The van der Waals surface area contributed by atoms with Gasteiger partial charge < -0.3 is 14.9 Å². The van der Waals surface area contributed by atoms with Gasteiger partial charge >= 0.3 is 0 Å². The number of phenols is 1. The number of rotatable bonds is 5. The molecular weight excluding hydrogens is 352 g/mol. The molecule has 2 fully saturated rings. The third-order valence-electron chi connectivity index (χ3n) is 5.74. The molecule has 1 saturated carbocycles. The van der Waals surface area contributed by atoms with Gasteiger partial charge in [-0.3, -0.25) is 9.59 Å². The van der Waals surface area contributed by atoms with Gasteiger partial charge in [-0.05, 0) is 48.4 Å². The summed E-state index contributed by atoms with van der Waals surface area (Å²) in [5.74, 6) is 0.630. The maximum Gasteiger partial charge on any atom is 0.257 e. The van der Waals surface area contributed by atoms with Gasteiger partial charge in [0.15, 0.2) is 0 Å². The lowest BCUT2D eigenvalue weighted by atomic mass is 10.0. The Labute approximate surface area is 165 Å². The number of aromatic hydroxyl groups is 1. The van der Waals surface area contributed by atoms with Gasteiger partial charge in [-0.2, -0.15) is 0 Å². The Morgan fingerprint density at radius 1 is 1.07 bits per heavy atom. The Balaban J connectivity index is 1.39. The molecule has 2 amide bonds. The van der Waals surface area contributed by atoms with Crippen molar-refractivity contribution in [2.45, 2.75) is 19.3 Å². The third-order valence-corrected chi connectivity index (χ3v) is 5.74. The smallest absolute Gasteiger partial charge is 0.257 e. The summed E-state index contributed by atoms with van der Waals surface area (Å²) in [6.45, 7) is 2.11. The highest BCUT2D eigenvalue weighted by molar-refractivity contribution is 5.97. The summed E-state index contributed by atoms with van der Waals surface area (Å²) in [5, 5.41) is 10.4. The standard InChI is InChI=1S/C23H26N2O3/c1-24(14-16-11-12-25(15-16)22(27)18-7-8-18)23(28)20-10-9-19(13-21(20)26)17-5-3-2-4-6-17/h2-6,9-10,13,16,18,26H,7-8,11-12,14-15H2,1H3/t16-/m1/s1. The average Bonchev–Trinajstić information content (AvgIpc) is 3.46. The maximum atomic E-state index is 12.8. The summed E-state index contributed by atoms with van der Waals surface area (Å²) in [6, 6.07) is 15.0. The molecule has 0 bridgehead atoms. The molecule has 1 atom stereocenters. The highest BCUT2D eigenvalue weighted by atomic mass is 16.3. The molecule has 2 aromatic carbocycles. The lowest BCUT2D eigenvalue weighted by Gasteiger charge is -2.22. The molecule has 1 aliphatic heterocycles. The van der Waals surface area contributed by atoms with Gasteiger partial charge in [-0.25, -0.2) is 0 Å². The molecule has 1 heterocycles. The molecule has 5 nitrogen and oxygen atoms in total. The van der Waals surface area contributed by atoms with Crippen LogP contribution in [0.5, 0.6) is 5.75 Å². The largest absolute Gasteiger partial charge is 0.507 e. The molecule has 4 rings (SSSR count). The number of amides is 2. The van der Waals surface area contributed by atoms with Crippen molar-refractivity contribution in [2.24, 2.45) is 11.8 Å². The number of likely N-dealkylation sites (tertiary alicyclic amines) is 1. The predicted octanol–water partition coefficient (Wildman–Crippen LogP) is 3.39. The van der Waals surface area contributed by atoms with Gasteiger partial charge in [-0.15, -0.1) is 0 Å². The summed E-state index contributed by atoms with van der Waals surface area (Å²) in [4.78, 5) is 28.6. The fourth-order valence-corrected chi connectivity index (χ4v) is 3.97. The zero-order valence-corrected chi connectivity index (χ0v) is 16.2. The Kier molecular flexibility index (Phi) is 5.07. The number of phenolic OH excluding ortho intramolecular Hbond substituents is 1. The SMILES string of the molecule is CN(C[C@H]1CCN(C(=O)C2CC2)C1)C(=O)c1ccc(-c2ccccc2)cc1O. The first kappa shape index (κ1) is 18.5. The monoisotopic (exact) mass is 378 g/mol. The van der Waals surface area contributed by atoms with Crippen molar-refractivity contribution in [1.82, 2.24) is 9.80 Å². The van der Waals surface area contributed by atoms with Crippen LogP contribution in [0.4, 0.5) is 0 Å². The van der Waals surface area contributed by atoms with Crippen molar-refractivity contribution in [2.75, 3.05) is 26.7 Å². The van der Waals surface area contributed by atoms with Crippen molar-refractivity contribution in [3.63, 3.8) is 0 Å². The van der Waals surface area contributed by atoms with Gasteiger partial charge in [-0.1, -0.05) is 36.4 Å². The minimum atomic E-state index is -0.191. The number of carbonyl (C=O) groups is 2. The Bertz CT molecular complexity index is 877. The lowest BCUT2D eigenvalue weighted by Crippen LogP contribution is -2.34. The van der Waals surface area contributed by atoms with Crippen LogP contribution >= 0.6 is 0 Å². The first-order valence-corrected chi connectivity index (χ1v) is 9.95. The van der Waals surface area contributed by atoms with Crippen molar-refractivity contribution in [3.8, 4) is 16.9 Å². The highest BCUT2D eigenvalue weighted by Gasteiger charge is 2.37. The molecule has 0 aromatic heterocycles. The molecule has 0 unspecified atom stereocenters. The molecular formula is C23H26N2O3. The maximum absolute atomic E-state index is 12.8. The molecule has 2 aromatic rings. The number of benzene rings is 2. The second-order valence-electron chi connectivity index (χ2n) is 8.00. The van der Waals surface area contributed by atoms with Crippen molar-refractivity contribution in [3.05, 3.63) is 54.1 Å². The Morgan fingerprint density at radius 2 is 1.82 bits per heavy atom. The second kappa shape index (κ2) is 7.66. The van der Waals surface area contributed by atoms with Crippen molar-refractivity contribution >= 4 is 11.8 Å². The second-order valence-corrected chi connectivity index (χ2v) is 8.00. The molecule has 146 valence electrons. The van der Waals surface area contributed by atoms with E-state index in [-0.39, 0.29) is 23.5 Å². The van der Waals surface area contributed by atoms with Gasteiger partial charge in [0.05, 0.1) is 5.56 Å². The van der Waals surface area contributed by atoms with E-state index in [1.807, 2.05) is 41.3 Å². The first-order chi connectivity index (χ1) is 13.5. The highest BCUT2D eigenvalue weighted by Crippen LogP contribution is 2.33. The number of carbonyl (C=O) groups excluding carboxylic acids is 2. The van der Waals surface area contributed by atoms with E-state index in [1.54, 1.807) is 24.1 Å². The zero-order chi connectivity index (χ0) is 19.7. The normalized spacial score (nSPS) is 18.9. The molecule has 0 spiro atoms. The Morgan fingerprint density at radius 3 is 2.50 bits per heavy atom. The minimum absolute atomic E-state index is 0.00448. The molecule has 0 radical (unpaired) electrons. The quantitative estimate of drug-likeness (QED) is 0.868. The predicted molar refractivity (Wildman–Crippen MR) is 108 cm³/mol. The van der Waals surface area contributed by atoms with Crippen molar-refractivity contribution < 1.29 is 14.7 Å². The fourth-order valence-electron chi connectivity index (χ4n) is 3.97. The van der Waals surface area contributed by atoms with Crippen LogP contribution in [0.2, 0.25) is 0 Å². The lowest BCUT2D eigenvalue weighted by molar-refractivity contribution is -0.131. The van der Waals surface area contributed by atoms with E-state index in [2.05, 4.69) is 0 Å². The van der Waals surface area contributed by atoms with E-state index < -0.39 is 0 Å². The van der Waals surface area contributed by atoms with Gasteiger partial charge in [0, 0.05) is 32.6 Å². The van der Waals surface area contributed by atoms with Crippen LogP contribution in [0, 0.1) is 11.8 Å². The summed E-state index contributed by atoms with van der Waals surface area (Å²) < 4.78 is 0. The van der Waals surface area contributed by atoms with Crippen LogP contribution in [0.15, 0.2) is 48.5 Å². The van der Waals surface area contributed by atoms with Crippen LogP contribution in [0.25, 0.3) is 11.1 Å². The van der Waals surface area contributed by atoms with Crippen LogP contribution in [-0.4, -0.2) is 53.4 Å². The van der Waals surface area contributed by atoms with E-state index in [4.69, 9.17) is 0 Å². The number of hydrogen-bond donors (Lipinski definition) is 1. The van der Waals surface area contributed by atoms with Crippen LogP contribution in [0.3, 0.4) is 0 Å². The fraction of sp³-hybridized carbons (Fsp3) is 0.391. The molecule has 28 heavy (non-hydrogen) atoms. The molecule has 5 heteroatoms. The summed E-state index contributed by atoms with van der Waals surface area (Å²) in [5.41, 5.74) is 2.19. The van der Waals surface area contributed by atoms with Crippen LogP contribution in [0.1, 0.15) is 29.6 Å². The Hall–Kier alpha value is -2.82. The zero-order valence-electron chi connectivity index (χ0n) is 16.2. The molecule has 2 aliphatic rings. The van der Waals surface area contributed by atoms with Gasteiger partial charge in [0.25, 0.3) is 5.91 Å². The summed E-state index contributed by atoms with van der Waals surface area (Å²) in [6.07, 6.45) is 2.97. The first-order valence-electron chi connectivity index (χ1n) is 9.95. The molecule has 1 saturated heterocycles. The van der Waals surface area contributed by atoms with E-state index in [0.29, 0.717) is 18.0 Å². The average molecular weight is 378 g/mol. The van der Waals surface area contributed by atoms with Crippen LogP contribution < -0.4 is 0 Å².